The summed E-state index contributed by atoms with van der Waals surface area (Å²) < 4.78 is 45.9. The molecule has 0 N–H and O–H groups in total. The van der Waals surface area contributed by atoms with Gasteiger partial charge in [-0.05, 0) is 29.3 Å². The van der Waals surface area contributed by atoms with Crippen molar-refractivity contribution in [3.8, 4) is 45.3 Å². The largest absolute Gasteiger partial charge is 0.208 e. The number of fused-ring (bicyclic) bond motifs is 6. The van der Waals surface area contributed by atoms with E-state index in [1.165, 1.54) is 31.5 Å². The molecule has 9 rings (SSSR count). The highest BCUT2D eigenvalue weighted by molar-refractivity contribution is 7.26. The van der Waals surface area contributed by atoms with E-state index in [4.69, 9.17) is 21.8 Å². The molecule has 0 bridgehead atoms. The van der Waals surface area contributed by atoms with E-state index in [1.807, 2.05) is 60.7 Å². The number of hydrogen-bond acceptors (Lipinski definition) is 5. The molecule has 9 aromatic rings. The van der Waals surface area contributed by atoms with Crippen LogP contribution >= 0.6 is 22.7 Å². The highest BCUT2D eigenvalue weighted by Gasteiger charge is 2.16. The van der Waals surface area contributed by atoms with Gasteiger partial charge in [-0.15, -0.1) is 22.7 Å². The third kappa shape index (κ3) is 4.21. The van der Waals surface area contributed by atoms with Gasteiger partial charge in [0.05, 0.1) is 6.85 Å². The summed E-state index contributed by atoms with van der Waals surface area (Å²) in [5.41, 5.74) is 3.44. The van der Waals surface area contributed by atoms with E-state index in [-0.39, 0.29) is 29.7 Å². The van der Waals surface area contributed by atoms with Gasteiger partial charge in [-0.1, -0.05) is 121 Å². The number of aromatic nitrogens is 3. The molecule has 44 heavy (non-hydrogen) atoms. The lowest BCUT2D eigenvalue weighted by Gasteiger charge is -2.09. The third-order valence-corrected chi connectivity index (χ3v) is 10.2. The molecule has 0 aliphatic rings. The Morgan fingerprint density at radius 2 is 1.02 bits per heavy atom. The molecule has 0 unspecified atom stereocenters. The molecule has 0 radical (unpaired) electrons. The number of thiophene rings is 2. The standard InChI is InChI=1S/C39H23N3S2/c1-3-10-24(11-4-1)28-15-9-16-32-31-21-19-27(23-35(31)44-36(28)32)39-41-37(25-12-5-2-6-13-25)40-38(42-39)26-18-20-30-29-14-7-8-17-33(29)43-34(30)22-26/h1-23H/i1D,3D,4D,10D,11D. The lowest BCUT2D eigenvalue weighted by molar-refractivity contribution is 1.08. The summed E-state index contributed by atoms with van der Waals surface area (Å²) in [4.78, 5) is 14.9. The first-order valence-electron chi connectivity index (χ1n) is 16.6. The molecule has 0 fully saturated rings. The maximum absolute atomic E-state index is 8.59. The first-order valence-corrected chi connectivity index (χ1v) is 15.7. The van der Waals surface area contributed by atoms with Crippen LogP contribution in [0.1, 0.15) is 6.85 Å². The van der Waals surface area contributed by atoms with Gasteiger partial charge in [-0.25, -0.2) is 15.0 Å². The van der Waals surface area contributed by atoms with Crippen LogP contribution in [0.2, 0.25) is 0 Å². The van der Waals surface area contributed by atoms with Crippen LogP contribution in [0.3, 0.4) is 0 Å². The van der Waals surface area contributed by atoms with Gasteiger partial charge in [0.1, 0.15) is 0 Å². The maximum Gasteiger partial charge on any atom is 0.164 e. The predicted molar refractivity (Wildman–Crippen MR) is 187 cm³/mol. The van der Waals surface area contributed by atoms with Crippen LogP contribution < -0.4 is 0 Å². The minimum atomic E-state index is -0.401. The molecule has 0 aliphatic heterocycles. The van der Waals surface area contributed by atoms with Gasteiger partial charge in [0.15, 0.2) is 17.5 Å². The molecule has 6 aromatic carbocycles. The van der Waals surface area contributed by atoms with Gasteiger partial charge in [0.25, 0.3) is 0 Å². The Hall–Kier alpha value is -5.23. The fourth-order valence-corrected chi connectivity index (χ4v) is 8.14. The lowest BCUT2D eigenvalue weighted by atomic mass is 10.0. The monoisotopic (exact) mass is 602 g/mol. The Balaban J connectivity index is 1.22. The molecule has 3 nitrogen and oxygen atoms in total. The Kier molecular flexibility index (Phi) is 4.78. The number of nitrogens with zero attached hydrogens (tertiary/aromatic N) is 3. The lowest BCUT2D eigenvalue weighted by Crippen LogP contribution is -2.00. The van der Waals surface area contributed by atoms with Crippen molar-refractivity contribution in [1.82, 2.24) is 15.0 Å². The maximum atomic E-state index is 8.59. The zero-order valence-electron chi connectivity index (χ0n) is 28.1. The molecule has 3 aromatic heterocycles. The second-order valence-electron chi connectivity index (χ2n) is 10.5. The zero-order valence-corrected chi connectivity index (χ0v) is 24.7. The Bertz CT molecular complexity index is 2760. The summed E-state index contributed by atoms with van der Waals surface area (Å²) in [7, 11) is 0. The molecule has 0 saturated carbocycles. The van der Waals surface area contributed by atoms with Crippen LogP contribution in [0, 0.1) is 0 Å². The second-order valence-corrected chi connectivity index (χ2v) is 12.6. The Morgan fingerprint density at radius 1 is 0.432 bits per heavy atom. The molecule has 0 spiro atoms. The first-order chi connectivity index (χ1) is 23.9. The smallest absolute Gasteiger partial charge is 0.164 e. The van der Waals surface area contributed by atoms with Gasteiger partial charge >= 0.3 is 0 Å². The molecule has 0 saturated heterocycles. The van der Waals surface area contributed by atoms with Gasteiger partial charge in [0.2, 0.25) is 0 Å². The second kappa shape index (κ2) is 10.2. The predicted octanol–water partition coefficient (Wildman–Crippen LogP) is 11.3. The van der Waals surface area contributed by atoms with Crippen LogP contribution in [0.15, 0.2) is 139 Å². The first kappa shape index (κ1) is 20.6. The van der Waals surface area contributed by atoms with Crippen LogP contribution in [-0.4, -0.2) is 15.0 Å². The topological polar surface area (TPSA) is 38.7 Å². The highest BCUT2D eigenvalue weighted by Crippen LogP contribution is 2.41. The van der Waals surface area contributed by atoms with Gasteiger partial charge in [-0.2, -0.15) is 0 Å². The van der Waals surface area contributed by atoms with Crippen molar-refractivity contribution >= 4 is 63.0 Å². The fraction of sp³-hybridized carbons (Fsp3) is 0. The van der Waals surface area contributed by atoms with Crippen LogP contribution in [-0.2, 0) is 0 Å². The quantitative estimate of drug-likeness (QED) is 0.201. The average Bonchev–Trinajstić information content (AvgIpc) is 3.71. The minimum absolute atomic E-state index is 0.202. The van der Waals surface area contributed by atoms with Crippen molar-refractivity contribution in [2.45, 2.75) is 0 Å². The Labute approximate surface area is 268 Å². The molecule has 3 heterocycles. The summed E-state index contributed by atoms with van der Waals surface area (Å²) >= 11 is 3.28. The number of hydrogen-bond donors (Lipinski definition) is 0. The molecule has 206 valence electrons. The fourth-order valence-electron chi connectivity index (χ4n) is 5.73. The van der Waals surface area contributed by atoms with Crippen LogP contribution in [0.4, 0.5) is 0 Å². The van der Waals surface area contributed by atoms with E-state index in [2.05, 4.69) is 48.5 Å². The summed E-state index contributed by atoms with van der Waals surface area (Å²) in [6, 6.07) is 35.0. The minimum Gasteiger partial charge on any atom is -0.208 e. The summed E-state index contributed by atoms with van der Waals surface area (Å²) in [6.07, 6.45) is 0. The normalized spacial score (nSPS) is 13.2. The SMILES string of the molecule is [2H]c1c([2H])c([2H])c(-c2cccc3c2sc2cc(-c4nc(-c5ccccc5)nc(-c5ccc6c(c5)sc5ccccc56)n4)ccc23)c([2H])c1[2H]. The molecule has 0 atom stereocenters. The third-order valence-electron chi connectivity index (χ3n) is 7.83. The molecular weight excluding hydrogens is 575 g/mol. The van der Waals surface area contributed by atoms with E-state index in [0.717, 1.165) is 36.9 Å². The molecular formula is C39H23N3S2. The van der Waals surface area contributed by atoms with Crippen molar-refractivity contribution in [1.29, 1.82) is 0 Å². The van der Waals surface area contributed by atoms with E-state index in [0.29, 0.717) is 23.0 Å². The molecule has 0 aliphatic carbocycles. The van der Waals surface area contributed by atoms with Gasteiger partial charge < -0.3 is 0 Å². The Morgan fingerprint density at radius 3 is 1.77 bits per heavy atom. The number of rotatable bonds is 4. The molecule has 5 heteroatoms. The van der Waals surface area contributed by atoms with Crippen molar-refractivity contribution in [3.63, 3.8) is 0 Å². The van der Waals surface area contributed by atoms with Crippen LogP contribution in [0.5, 0.6) is 0 Å². The van der Waals surface area contributed by atoms with E-state index in [1.54, 1.807) is 11.3 Å². The van der Waals surface area contributed by atoms with Crippen molar-refractivity contribution in [2.24, 2.45) is 0 Å². The van der Waals surface area contributed by atoms with Crippen LogP contribution in [0.25, 0.3) is 85.6 Å². The van der Waals surface area contributed by atoms with Gasteiger partial charge in [0, 0.05) is 57.0 Å². The van der Waals surface area contributed by atoms with Gasteiger partial charge in [-0.3, -0.25) is 0 Å². The van der Waals surface area contributed by atoms with Crippen molar-refractivity contribution in [3.05, 3.63) is 139 Å². The van der Waals surface area contributed by atoms with E-state index >= 15 is 0 Å². The molecule has 0 amide bonds. The van der Waals surface area contributed by atoms with E-state index < -0.39 is 6.04 Å². The van der Waals surface area contributed by atoms with E-state index in [9.17, 15) is 0 Å². The summed E-state index contributed by atoms with van der Waals surface area (Å²) in [5, 5.41) is 4.40. The average molecular weight is 603 g/mol. The highest BCUT2D eigenvalue weighted by atomic mass is 32.1. The number of benzene rings is 6. The summed E-state index contributed by atoms with van der Waals surface area (Å²) in [5.74, 6) is 1.71. The van der Waals surface area contributed by atoms with Crippen molar-refractivity contribution < 1.29 is 6.85 Å². The zero-order chi connectivity index (χ0) is 33.4. The van der Waals surface area contributed by atoms with Crippen molar-refractivity contribution in [2.75, 3.05) is 0 Å². The summed E-state index contributed by atoms with van der Waals surface area (Å²) in [6.45, 7) is 0.